The molecule has 0 saturated carbocycles. The lowest BCUT2D eigenvalue weighted by Crippen LogP contribution is -2.38. The van der Waals surface area contributed by atoms with Crippen LogP contribution >= 0.6 is 23.1 Å². The maximum atomic E-state index is 12.7. The summed E-state index contributed by atoms with van der Waals surface area (Å²) in [7, 11) is 0. The average Bonchev–Trinajstić information content (AvgIpc) is 3.20. The van der Waals surface area contributed by atoms with Crippen molar-refractivity contribution in [3.8, 4) is 11.1 Å². The second kappa shape index (κ2) is 10.7. The number of benzene rings is 1. The third-order valence-electron chi connectivity index (χ3n) is 5.04. The lowest BCUT2D eigenvalue weighted by Gasteiger charge is -2.19. The van der Waals surface area contributed by atoms with Gasteiger partial charge in [0.25, 0.3) is 5.56 Å². The number of aromatic amines is 1. The molecule has 0 aliphatic carbocycles. The molecule has 2 N–H and O–H groups in total. The van der Waals surface area contributed by atoms with Gasteiger partial charge in [-0.1, -0.05) is 44.2 Å². The van der Waals surface area contributed by atoms with Crippen LogP contribution in [0.2, 0.25) is 0 Å². The van der Waals surface area contributed by atoms with Crippen LogP contribution in [0.15, 0.2) is 40.5 Å². The highest BCUT2D eigenvalue weighted by atomic mass is 32.2. The number of fused-ring (bicyclic) bond motifs is 1. The third kappa shape index (κ3) is 5.50. The van der Waals surface area contributed by atoms with E-state index < -0.39 is 0 Å². The van der Waals surface area contributed by atoms with E-state index in [2.05, 4.69) is 34.0 Å². The smallest absolute Gasteiger partial charge is 0.260 e. The van der Waals surface area contributed by atoms with Gasteiger partial charge in [-0.25, -0.2) is 4.98 Å². The van der Waals surface area contributed by atoms with Gasteiger partial charge in [-0.15, -0.1) is 23.1 Å². The second-order valence-electron chi connectivity index (χ2n) is 6.98. The van der Waals surface area contributed by atoms with E-state index in [1.54, 1.807) is 0 Å². The molecule has 1 unspecified atom stereocenters. The quantitative estimate of drug-likeness (QED) is 0.498. The van der Waals surface area contributed by atoms with Crippen molar-refractivity contribution in [2.75, 3.05) is 26.2 Å². The van der Waals surface area contributed by atoms with Crippen molar-refractivity contribution >= 4 is 39.2 Å². The Morgan fingerprint density at radius 3 is 2.70 bits per heavy atom. The Hall–Kier alpha value is -2.16. The number of carbonyl (C=O) groups excluding carboxylic acids is 1. The largest absolute Gasteiger partial charge is 0.354 e. The van der Waals surface area contributed by atoms with Crippen molar-refractivity contribution in [2.45, 2.75) is 31.8 Å². The van der Waals surface area contributed by atoms with Crippen LogP contribution in [0.5, 0.6) is 0 Å². The van der Waals surface area contributed by atoms with Crippen molar-refractivity contribution in [1.29, 1.82) is 0 Å². The molecule has 1 atom stereocenters. The van der Waals surface area contributed by atoms with Gasteiger partial charge in [-0.3, -0.25) is 9.59 Å². The number of H-pyrrole nitrogens is 1. The van der Waals surface area contributed by atoms with Crippen LogP contribution in [0.3, 0.4) is 0 Å². The Bertz CT molecular complexity index is 1030. The molecule has 0 aliphatic rings. The van der Waals surface area contributed by atoms with Crippen LogP contribution < -0.4 is 10.9 Å². The molecule has 30 heavy (non-hydrogen) atoms. The summed E-state index contributed by atoms with van der Waals surface area (Å²) < 4.78 is 0. The normalized spacial score (nSPS) is 12.4. The maximum Gasteiger partial charge on any atom is 0.260 e. The molecule has 160 valence electrons. The third-order valence-corrected chi connectivity index (χ3v) is 7.07. The van der Waals surface area contributed by atoms with Crippen LogP contribution in [0, 0.1) is 0 Å². The number of thiophene rings is 1. The zero-order valence-electron chi connectivity index (χ0n) is 17.6. The predicted octanol–water partition coefficient (Wildman–Crippen LogP) is 3.73. The van der Waals surface area contributed by atoms with Crippen molar-refractivity contribution in [1.82, 2.24) is 20.2 Å². The van der Waals surface area contributed by atoms with E-state index in [0.29, 0.717) is 23.5 Å². The molecule has 6 nitrogen and oxygen atoms in total. The monoisotopic (exact) mass is 444 g/mol. The number of amides is 1. The molecule has 2 heterocycles. The number of nitrogens with zero attached hydrogens (tertiary/aromatic N) is 2. The molecule has 0 saturated heterocycles. The van der Waals surface area contributed by atoms with Gasteiger partial charge < -0.3 is 15.2 Å². The van der Waals surface area contributed by atoms with Gasteiger partial charge in [-0.05, 0) is 25.6 Å². The van der Waals surface area contributed by atoms with Gasteiger partial charge in [0.1, 0.15) is 10.7 Å². The summed E-state index contributed by atoms with van der Waals surface area (Å²) in [6, 6.07) is 9.85. The molecule has 0 aliphatic heterocycles. The molecule has 0 bridgehead atoms. The minimum Gasteiger partial charge on any atom is -0.354 e. The van der Waals surface area contributed by atoms with Gasteiger partial charge in [0.15, 0.2) is 0 Å². The Morgan fingerprint density at radius 1 is 1.27 bits per heavy atom. The molecule has 8 heteroatoms. The Kier molecular flexibility index (Phi) is 8.07. The molecule has 0 fully saturated rings. The predicted molar refractivity (Wildman–Crippen MR) is 127 cm³/mol. The topological polar surface area (TPSA) is 78.1 Å². The number of rotatable bonds is 10. The van der Waals surface area contributed by atoms with Crippen LogP contribution in [-0.4, -0.2) is 52.2 Å². The van der Waals surface area contributed by atoms with Crippen molar-refractivity contribution < 1.29 is 4.79 Å². The van der Waals surface area contributed by atoms with Crippen molar-refractivity contribution in [3.63, 3.8) is 0 Å². The number of hydrogen-bond donors (Lipinski definition) is 2. The molecule has 2 aromatic heterocycles. The number of likely N-dealkylation sites (N-methyl/N-ethyl adjacent to an activating group) is 1. The van der Waals surface area contributed by atoms with Gasteiger partial charge in [-0.2, -0.15) is 0 Å². The summed E-state index contributed by atoms with van der Waals surface area (Å²) in [6.07, 6.45) is 0. The van der Waals surface area contributed by atoms with E-state index in [4.69, 9.17) is 0 Å². The molecule has 3 rings (SSSR count). The van der Waals surface area contributed by atoms with Gasteiger partial charge >= 0.3 is 0 Å². The molecule has 1 amide bonds. The Balaban J connectivity index is 1.61. The van der Waals surface area contributed by atoms with Crippen LogP contribution in [0.25, 0.3) is 21.3 Å². The number of carbonyl (C=O) groups is 1. The van der Waals surface area contributed by atoms with E-state index in [-0.39, 0.29) is 16.7 Å². The summed E-state index contributed by atoms with van der Waals surface area (Å²) in [5, 5.41) is 5.38. The fourth-order valence-corrected chi connectivity index (χ4v) is 4.94. The van der Waals surface area contributed by atoms with Crippen LogP contribution in [0.4, 0.5) is 0 Å². The molecular formula is C22H28N4O2S2. The standard InChI is InChI=1S/C22H28N4O2S2/c1-4-26(5-2)12-11-23-20(27)15(3)29-14-18-24-21(28)19-17(13-30-22(19)25-18)16-9-7-6-8-10-16/h6-10,13,15H,4-5,11-12,14H2,1-3H3,(H,23,27)(H,24,25,28). The highest BCUT2D eigenvalue weighted by molar-refractivity contribution is 7.99. The SMILES string of the molecule is CCN(CC)CCNC(=O)C(C)SCc1nc2scc(-c3ccccc3)c2c(=O)[nH]1. The first-order valence-corrected chi connectivity index (χ1v) is 12.1. The van der Waals surface area contributed by atoms with E-state index >= 15 is 0 Å². The number of thioether (sulfide) groups is 1. The summed E-state index contributed by atoms with van der Waals surface area (Å²) in [4.78, 5) is 35.6. The maximum absolute atomic E-state index is 12.7. The number of aromatic nitrogens is 2. The first kappa shape index (κ1) is 22.5. The van der Waals surface area contributed by atoms with E-state index in [1.807, 2.05) is 42.6 Å². The van der Waals surface area contributed by atoms with Gasteiger partial charge in [0, 0.05) is 24.0 Å². The minimum absolute atomic E-state index is 0.0121. The van der Waals surface area contributed by atoms with Crippen molar-refractivity contribution in [3.05, 3.63) is 51.9 Å². The molecule has 0 spiro atoms. The Morgan fingerprint density at radius 2 is 2.00 bits per heavy atom. The zero-order valence-corrected chi connectivity index (χ0v) is 19.2. The van der Waals surface area contributed by atoms with E-state index in [9.17, 15) is 9.59 Å². The van der Waals surface area contributed by atoms with Crippen LogP contribution in [-0.2, 0) is 10.5 Å². The summed E-state index contributed by atoms with van der Waals surface area (Å²) in [5.41, 5.74) is 1.78. The van der Waals surface area contributed by atoms with Crippen molar-refractivity contribution in [2.24, 2.45) is 0 Å². The summed E-state index contributed by atoms with van der Waals surface area (Å²) in [6.45, 7) is 9.57. The molecule has 0 radical (unpaired) electrons. The van der Waals surface area contributed by atoms with E-state index in [0.717, 1.165) is 35.6 Å². The lowest BCUT2D eigenvalue weighted by atomic mass is 10.1. The summed E-state index contributed by atoms with van der Waals surface area (Å²) in [5.74, 6) is 1.09. The number of hydrogen-bond acceptors (Lipinski definition) is 6. The molecule has 1 aromatic carbocycles. The molecule has 3 aromatic rings. The first-order valence-electron chi connectivity index (χ1n) is 10.2. The van der Waals surface area contributed by atoms with Gasteiger partial charge in [0.2, 0.25) is 5.91 Å². The Labute approximate surface area is 185 Å². The highest BCUT2D eigenvalue weighted by Crippen LogP contribution is 2.30. The van der Waals surface area contributed by atoms with Gasteiger partial charge in [0.05, 0.1) is 16.4 Å². The first-order chi connectivity index (χ1) is 14.5. The van der Waals surface area contributed by atoms with E-state index in [1.165, 1.54) is 23.1 Å². The fourth-order valence-electron chi connectivity index (χ4n) is 3.19. The van der Waals surface area contributed by atoms with Crippen LogP contribution in [0.1, 0.15) is 26.6 Å². The molecular weight excluding hydrogens is 416 g/mol. The minimum atomic E-state index is -0.217. The fraction of sp³-hybridized carbons (Fsp3) is 0.409. The summed E-state index contributed by atoms with van der Waals surface area (Å²) >= 11 is 2.95. The zero-order chi connectivity index (χ0) is 21.5. The highest BCUT2D eigenvalue weighted by Gasteiger charge is 2.16. The second-order valence-corrected chi connectivity index (χ2v) is 9.17. The lowest BCUT2D eigenvalue weighted by molar-refractivity contribution is -0.120. The number of nitrogens with one attached hydrogen (secondary N) is 2. The average molecular weight is 445 g/mol.